The fourth-order valence-corrected chi connectivity index (χ4v) is 3.64. The Hall–Kier alpha value is -1.19. The number of amides is 1. The Labute approximate surface area is 141 Å². The van der Waals surface area contributed by atoms with Gasteiger partial charge in [0.15, 0.2) is 5.17 Å². The maximum Gasteiger partial charge on any atom is 0.305 e. The second kappa shape index (κ2) is 7.19. The van der Waals surface area contributed by atoms with Crippen molar-refractivity contribution in [3.63, 3.8) is 0 Å². The molecule has 110 valence electrons. The molecule has 1 aliphatic heterocycles. The van der Waals surface area contributed by atoms with Gasteiger partial charge in [0.05, 0.1) is 12.6 Å². The van der Waals surface area contributed by atoms with Crippen LogP contribution in [0.25, 0.3) is 0 Å². The van der Waals surface area contributed by atoms with Gasteiger partial charge < -0.3 is 10.4 Å². The molecule has 1 aromatic rings. The average molecular weight is 435 g/mol. The van der Waals surface area contributed by atoms with Crippen LogP contribution in [-0.4, -0.2) is 33.6 Å². The van der Waals surface area contributed by atoms with E-state index in [9.17, 15) is 9.59 Å². The zero-order valence-corrected chi connectivity index (χ0v) is 14.4. The highest BCUT2D eigenvalue weighted by molar-refractivity contribution is 9.11. The number of carbonyl (C=O) groups excluding carboxylic acids is 1. The Kier molecular flexibility index (Phi) is 5.54. The molecule has 0 aromatic heterocycles. The topological polar surface area (TPSA) is 91.1 Å². The smallest absolute Gasteiger partial charge is 0.305 e. The van der Waals surface area contributed by atoms with E-state index in [2.05, 4.69) is 47.4 Å². The van der Waals surface area contributed by atoms with Gasteiger partial charge >= 0.3 is 5.97 Å². The van der Waals surface area contributed by atoms with Gasteiger partial charge in [-0.1, -0.05) is 49.7 Å². The Morgan fingerprint density at radius 2 is 2.10 bits per heavy atom. The number of hydrogen-bond donors (Lipinski definition) is 2. The number of nitrogens with zero attached hydrogens (tertiary/aromatic N) is 2. The number of carboxylic acid groups (broad SMARTS) is 1. The molecule has 1 aliphatic rings. The van der Waals surface area contributed by atoms with Crippen molar-refractivity contribution in [3.8, 4) is 0 Å². The number of thioether (sulfide) groups is 1. The van der Waals surface area contributed by atoms with Crippen LogP contribution in [0.5, 0.6) is 0 Å². The van der Waals surface area contributed by atoms with E-state index in [4.69, 9.17) is 5.11 Å². The fraction of sp³-hybridized carbons (Fsp3) is 0.167. The van der Waals surface area contributed by atoms with Gasteiger partial charge in [0.1, 0.15) is 5.25 Å². The monoisotopic (exact) mass is 433 g/mol. The molecule has 1 unspecified atom stereocenters. The number of amidine groups is 1. The zero-order chi connectivity index (χ0) is 15.4. The molecule has 6 nitrogen and oxygen atoms in total. The normalized spacial score (nSPS) is 20.2. The van der Waals surface area contributed by atoms with Crippen molar-refractivity contribution in [1.82, 2.24) is 5.32 Å². The quantitative estimate of drug-likeness (QED) is 0.562. The third-order valence-electron chi connectivity index (χ3n) is 2.47. The first-order chi connectivity index (χ1) is 9.97. The summed E-state index contributed by atoms with van der Waals surface area (Å²) in [4.78, 5) is 22.1. The van der Waals surface area contributed by atoms with Crippen LogP contribution in [0.4, 0.5) is 0 Å². The van der Waals surface area contributed by atoms with E-state index < -0.39 is 11.2 Å². The number of nitrogens with one attached hydrogen (secondary N) is 1. The molecule has 0 radical (unpaired) electrons. The van der Waals surface area contributed by atoms with Crippen LogP contribution in [0, 0.1) is 0 Å². The largest absolute Gasteiger partial charge is 0.481 e. The molecule has 2 rings (SSSR count). The highest BCUT2D eigenvalue weighted by Gasteiger charge is 2.32. The van der Waals surface area contributed by atoms with Crippen molar-refractivity contribution in [3.05, 3.63) is 32.7 Å². The van der Waals surface area contributed by atoms with Crippen LogP contribution in [0.3, 0.4) is 0 Å². The van der Waals surface area contributed by atoms with Gasteiger partial charge in [0.2, 0.25) is 5.91 Å². The molecule has 0 saturated carbocycles. The summed E-state index contributed by atoms with van der Waals surface area (Å²) < 4.78 is 1.71. The standard InChI is InChI=1S/C12H9Br2N3O3S/c13-7-2-1-3-8(14)6(7)5-15-17-12-16-11(20)9(21-12)4-10(18)19/h1-3,5,9H,4H2,(H,18,19)(H,16,17,20). The minimum atomic E-state index is -1.02. The Morgan fingerprint density at radius 1 is 1.43 bits per heavy atom. The lowest BCUT2D eigenvalue weighted by Gasteiger charge is -1.99. The molecule has 1 fully saturated rings. The number of aliphatic carboxylic acids is 1. The molecule has 9 heteroatoms. The lowest BCUT2D eigenvalue weighted by atomic mass is 10.2. The molecule has 1 aromatic carbocycles. The number of halogens is 2. The molecule has 2 N–H and O–H groups in total. The summed E-state index contributed by atoms with van der Waals surface area (Å²) in [5, 5.41) is 18.6. The van der Waals surface area contributed by atoms with Crippen LogP contribution in [0.1, 0.15) is 12.0 Å². The summed E-state index contributed by atoms with van der Waals surface area (Å²) in [5.74, 6) is -1.39. The predicted octanol–water partition coefficient (Wildman–Crippen LogP) is 2.61. The third kappa shape index (κ3) is 4.39. The Balaban J connectivity index is 2.07. The van der Waals surface area contributed by atoms with Crippen molar-refractivity contribution in [1.29, 1.82) is 0 Å². The molecular formula is C12H9Br2N3O3S. The number of hydrogen-bond acceptors (Lipinski definition) is 5. The second-order valence-corrected chi connectivity index (χ2v) is 6.88. The van der Waals surface area contributed by atoms with Gasteiger partial charge in [-0.25, -0.2) is 0 Å². The zero-order valence-electron chi connectivity index (χ0n) is 10.4. The van der Waals surface area contributed by atoms with Gasteiger partial charge in [-0.2, -0.15) is 5.10 Å². The van der Waals surface area contributed by atoms with Gasteiger partial charge in [0, 0.05) is 14.5 Å². The van der Waals surface area contributed by atoms with Crippen molar-refractivity contribution >= 4 is 66.9 Å². The summed E-state index contributed by atoms with van der Waals surface area (Å²) in [6, 6.07) is 5.61. The highest BCUT2D eigenvalue weighted by Crippen LogP contribution is 2.24. The highest BCUT2D eigenvalue weighted by atomic mass is 79.9. The van der Waals surface area contributed by atoms with Crippen LogP contribution < -0.4 is 5.32 Å². The molecule has 1 amide bonds. The molecule has 1 saturated heterocycles. The molecule has 0 aliphatic carbocycles. The first-order valence-corrected chi connectivity index (χ1v) is 8.18. The fourth-order valence-electron chi connectivity index (χ4n) is 1.52. The van der Waals surface area contributed by atoms with Crippen molar-refractivity contribution in [2.24, 2.45) is 10.2 Å². The van der Waals surface area contributed by atoms with Crippen molar-refractivity contribution < 1.29 is 14.7 Å². The van der Waals surface area contributed by atoms with Crippen LogP contribution in [0.2, 0.25) is 0 Å². The van der Waals surface area contributed by atoms with Crippen molar-refractivity contribution in [2.75, 3.05) is 0 Å². The lowest BCUT2D eigenvalue weighted by molar-refractivity contribution is -0.138. The molecule has 0 spiro atoms. The summed E-state index contributed by atoms with van der Waals surface area (Å²) >= 11 is 7.86. The van der Waals surface area contributed by atoms with Crippen molar-refractivity contribution in [2.45, 2.75) is 11.7 Å². The number of benzene rings is 1. The number of rotatable bonds is 4. The number of carbonyl (C=O) groups is 2. The molecular weight excluding hydrogens is 426 g/mol. The summed E-state index contributed by atoms with van der Waals surface area (Å²) in [5.41, 5.74) is 0.818. The van der Waals surface area contributed by atoms with E-state index in [0.717, 1.165) is 26.3 Å². The number of carboxylic acids is 1. The summed E-state index contributed by atoms with van der Waals surface area (Å²) in [6.07, 6.45) is 1.30. The average Bonchev–Trinajstić information content (AvgIpc) is 2.73. The first-order valence-electron chi connectivity index (χ1n) is 5.71. The Morgan fingerprint density at radius 3 is 2.71 bits per heavy atom. The molecule has 1 atom stereocenters. The van der Waals surface area contributed by atoms with Crippen LogP contribution in [-0.2, 0) is 9.59 Å². The maximum atomic E-state index is 11.5. The van der Waals surface area contributed by atoms with Gasteiger partial charge in [-0.05, 0) is 12.1 Å². The van der Waals surface area contributed by atoms with E-state index >= 15 is 0 Å². The van der Waals surface area contributed by atoms with E-state index in [1.807, 2.05) is 18.2 Å². The first kappa shape index (κ1) is 16.2. The maximum absolute atomic E-state index is 11.5. The van der Waals surface area contributed by atoms with E-state index in [1.54, 1.807) is 6.21 Å². The minimum absolute atomic E-state index is 0.241. The predicted molar refractivity (Wildman–Crippen MR) is 88.6 cm³/mol. The molecule has 1 heterocycles. The molecule has 21 heavy (non-hydrogen) atoms. The van der Waals surface area contributed by atoms with Crippen LogP contribution in [0.15, 0.2) is 37.3 Å². The Bertz CT molecular complexity index is 628. The molecule has 0 bridgehead atoms. The summed E-state index contributed by atoms with van der Waals surface area (Å²) in [7, 11) is 0. The summed E-state index contributed by atoms with van der Waals surface area (Å²) in [6.45, 7) is 0. The minimum Gasteiger partial charge on any atom is -0.481 e. The van der Waals surface area contributed by atoms with E-state index in [1.165, 1.54) is 0 Å². The van der Waals surface area contributed by atoms with Gasteiger partial charge in [0.25, 0.3) is 0 Å². The van der Waals surface area contributed by atoms with Crippen LogP contribution >= 0.6 is 43.6 Å². The SMILES string of the molecule is O=C(O)CC1SC(=NN=Cc2c(Br)cccc2Br)NC1=O. The van der Waals surface area contributed by atoms with E-state index in [-0.39, 0.29) is 12.3 Å². The van der Waals surface area contributed by atoms with Gasteiger partial charge in [-0.15, -0.1) is 5.10 Å². The lowest BCUT2D eigenvalue weighted by Crippen LogP contribution is -2.26. The third-order valence-corrected chi connectivity index (χ3v) is 4.93. The van der Waals surface area contributed by atoms with E-state index in [0.29, 0.717) is 5.17 Å². The second-order valence-electron chi connectivity index (χ2n) is 3.98. The van der Waals surface area contributed by atoms with Gasteiger partial charge in [-0.3, -0.25) is 9.59 Å².